The Balaban J connectivity index is 1.52. The summed E-state index contributed by atoms with van der Waals surface area (Å²) in [5.74, 6) is 1.75. The Bertz CT molecular complexity index is 1040. The van der Waals surface area contributed by atoms with E-state index < -0.39 is 0 Å². The van der Waals surface area contributed by atoms with Crippen LogP contribution in [0.5, 0.6) is 5.88 Å². The summed E-state index contributed by atoms with van der Waals surface area (Å²) in [5.41, 5.74) is 2.05. The lowest BCUT2D eigenvalue weighted by Gasteiger charge is -2.28. The van der Waals surface area contributed by atoms with Crippen molar-refractivity contribution in [2.45, 2.75) is 19.4 Å². The van der Waals surface area contributed by atoms with E-state index in [1.54, 1.807) is 10.9 Å². The number of rotatable bonds is 5. The highest BCUT2D eigenvalue weighted by Gasteiger charge is 2.24. The standard InChI is InChI=1S/C19H24ClN9O/c1-27-11-13(10-22-27)12-30-18-15(20)23-14-16(24-18)25-19(29-8-4-21-5-9-29)26-17(14)28-6-2-3-7-28/h10-11,21H,2-9,12H2,1H3. The fourth-order valence-electron chi connectivity index (χ4n) is 3.83. The van der Waals surface area contributed by atoms with Gasteiger partial charge in [0.2, 0.25) is 5.95 Å². The first kappa shape index (κ1) is 19.3. The number of fused-ring (bicyclic) bond motifs is 1. The highest BCUT2D eigenvalue weighted by atomic mass is 35.5. The number of aryl methyl sites for hydroxylation is 1. The first-order valence-corrected chi connectivity index (χ1v) is 10.6. The number of hydrogen-bond donors (Lipinski definition) is 1. The molecule has 0 radical (unpaired) electrons. The predicted octanol–water partition coefficient (Wildman–Crippen LogP) is 1.40. The third-order valence-electron chi connectivity index (χ3n) is 5.37. The van der Waals surface area contributed by atoms with Crippen LogP contribution in [-0.4, -0.2) is 69.0 Å². The zero-order valence-corrected chi connectivity index (χ0v) is 17.6. The van der Waals surface area contributed by atoms with E-state index in [1.165, 1.54) is 0 Å². The summed E-state index contributed by atoms with van der Waals surface area (Å²) in [4.78, 5) is 23.2. The first-order valence-electron chi connectivity index (χ1n) is 10.2. The van der Waals surface area contributed by atoms with Crippen LogP contribution in [0.2, 0.25) is 5.15 Å². The summed E-state index contributed by atoms with van der Waals surface area (Å²) in [6.07, 6.45) is 5.92. The molecule has 0 atom stereocenters. The van der Waals surface area contributed by atoms with E-state index in [0.29, 0.717) is 23.7 Å². The first-order chi connectivity index (χ1) is 14.7. The second kappa shape index (κ2) is 8.19. The molecule has 2 aliphatic rings. The van der Waals surface area contributed by atoms with Crippen LogP contribution in [0, 0.1) is 0 Å². The van der Waals surface area contributed by atoms with Gasteiger partial charge in [-0.05, 0) is 12.8 Å². The minimum absolute atomic E-state index is 0.213. The highest BCUT2D eigenvalue weighted by molar-refractivity contribution is 6.31. The van der Waals surface area contributed by atoms with Crippen LogP contribution in [0.1, 0.15) is 18.4 Å². The van der Waals surface area contributed by atoms with Crippen LogP contribution < -0.4 is 19.9 Å². The van der Waals surface area contributed by atoms with Gasteiger partial charge < -0.3 is 19.9 Å². The van der Waals surface area contributed by atoms with Crippen molar-refractivity contribution in [3.63, 3.8) is 0 Å². The van der Waals surface area contributed by atoms with Gasteiger partial charge in [-0.15, -0.1) is 0 Å². The van der Waals surface area contributed by atoms with E-state index in [9.17, 15) is 0 Å². The molecule has 1 N–H and O–H groups in total. The molecule has 3 aromatic heterocycles. The van der Waals surface area contributed by atoms with Crippen LogP contribution in [0.4, 0.5) is 11.8 Å². The Hall–Kier alpha value is -2.72. The number of halogens is 1. The van der Waals surface area contributed by atoms with E-state index in [4.69, 9.17) is 26.3 Å². The number of anilines is 2. The van der Waals surface area contributed by atoms with E-state index in [1.807, 2.05) is 13.2 Å². The Morgan fingerprint density at radius 3 is 2.57 bits per heavy atom. The Kier molecular flexibility index (Phi) is 5.26. The average Bonchev–Trinajstić information content (AvgIpc) is 3.44. The number of hydrogen-bond acceptors (Lipinski definition) is 9. The van der Waals surface area contributed by atoms with Gasteiger partial charge >= 0.3 is 0 Å². The molecule has 3 aromatic rings. The molecule has 5 rings (SSSR count). The molecule has 11 heteroatoms. The van der Waals surface area contributed by atoms with Gasteiger partial charge in [0.05, 0.1) is 6.20 Å². The van der Waals surface area contributed by atoms with E-state index >= 15 is 0 Å². The van der Waals surface area contributed by atoms with Crippen molar-refractivity contribution in [1.82, 2.24) is 35.0 Å². The third kappa shape index (κ3) is 3.84. The smallest absolute Gasteiger partial charge is 0.254 e. The van der Waals surface area contributed by atoms with Gasteiger partial charge in [0.1, 0.15) is 6.61 Å². The van der Waals surface area contributed by atoms with Gasteiger partial charge in [-0.1, -0.05) is 11.6 Å². The fourth-order valence-corrected chi connectivity index (χ4v) is 4.01. The van der Waals surface area contributed by atoms with Crippen molar-refractivity contribution in [1.29, 1.82) is 0 Å². The summed E-state index contributed by atoms with van der Waals surface area (Å²) in [7, 11) is 1.86. The summed E-state index contributed by atoms with van der Waals surface area (Å²) >= 11 is 6.43. The predicted molar refractivity (Wildman–Crippen MR) is 114 cm³/mol. The van der Waals surface area contributed by atoms with Crippen LogP contribution >= 0.6 is 11.6 Å². The van der Waals surface area contributed by atoms with E-state index in [2.05, 4.69) is 30.2 Å². The van der Waals surface area contributed by atoms with Crippen LogP contribution in [0.25, 0.3) is 11.2 Å². The molecule has 0 amide bonds. The Morgan fingerprint density at radius 2 is 1.83 bits per heavy atom. The Morgan fingerprint density at radius 1 is 1.03 bits per heavy atom. The van der Waals surface area contributed by atoms with Crippen LogP contribution in [0.3, 0.4) is 0 Å². The monoisotopic (exact) mass is 429 g/mol. The molecule has 0 aliphatic carbocycles. The largest absolute Gasteiger partial charge is 0.470 e. The number of nitrogens with zero attached hydrogens (tertiary/aromatic N) is 8. The molecule has 0 spiro atoms. The van der Waals surface area contributed by atoms with Gasteiger partial charge in [0, 0.05) is 58.1 Å². The maximum Gasteiger partial charge on any atom is 0.254 e. The average molecular weight is 430 g/mol. The molecule has 158 valence electrons. The minimum atomic E-state index is 0.213. The van der Waals surface area contributed by atoms with Crippen molar-refractivity contribution in [3.8, 4) is 5.88 Å². The van der Waals surface area contributed by atoms with Crippen LogP contribution in [0.15, 0.2) is 12.4 Å². The minimum Gasteiger partial charge on any atom is -0.470 e. The summed E-state index contributed by atoms with van der Waals surface area (Å²) < 4.78 is 7.56. The molecule has 2 saturated heterocycles. The lowest BCUT2D eigenvalue weighted by molar-refractivity contribution is 0.294. The van der Waals surface area contributed by atoms with Gasteiger partial charge in [0.25, 0.3) is 5.88 Å². The molecule has 0 unspecified atom stereocenters. The quantitative estimate of drug-likeness (QED) is 0.645. The summed E-state index contributed by atoms with van der Waals surface area (Å²) in [6, 6.07) is 0. The molecular weight excluding hydrogens is 406 g/mol. The van der Waals surface area contributed by atoms with Gasteiger partial charge in [-0.25, -0.2) is 4.98 Å². The zero-order chi connectivity index (χ0) is 20.5. The second-order valence-corrected chi connectivity index (χ2v) is 7.94. The fraction of sp³-hybridized carbons (Fsp3) is 0.526. The zero-order valence-electron chi connectivity index (χ0n) is 16.9. The molecule has 2 fully saturated rings. The number of aromatic nitrogens is 6. The molecule has 0 aromatic carbocycles. The molecule has 5 heterocycles. The third-order valence-corrected chi connectivity index (χ3v) is 5.61. The van der Waals surface area contributed by atoms with E-state index in [0.717, 1.165) is 63.5 Å². The van der Waals surface area contributed by atoms with Crippen molar-refractivity contribution >= 4 is 34.5 Å². The molecule has 0 saturated carbocycles. The van der Waals surface area contributed by atoms with Crippen LogP contribution in [-0.2, 0) is 13.7 Å². The van der Waals surface area contributed by atoms with Gasteiger partial charge in [-0.2, -0.15) is 20.1 Å². The maximum atomic E-state index is 6.43. The lowest BCUT2D eigenvalue weighted by Crippen LogP contribution is -2.44. The SMILES string of the molecule is Cn1cc(COc2nc3nc(N4CCNCC4)nc(N4CCCC4)c3nc2Cl)cn1. The lowest BCUT2D eigenvalue weighted by atomic mass is 10.3. The van der Waals surface area contributed by atoms with Crippen molar-refractivity contribution in [2.24, 2.45) is 7.05 Å². The Labute approximate surface area is 179 Å². The molecule has 10 nitrogen and oxygen atoms in total. The van der Waals surface area contributed by atoms with Gasteiger partial charge in [0.15, 0.2) is 22.1 Å². The molecular formula is C19H24ClN9O. The summed E-state index contributed by atoms with van der Waals surface area (Å²) in [5, 5.41) is 7.73. The van der Waals surface area contributed by atoms with Crippen molar-refractivity contribution in [3.05, 3.63) is 23.1 Å². The van der Waals surface area contributed by atoms with Crippen molar-refractivity contribution in [2.75, 3.05) is 49.1 Å². The maximum absolute atomic E-state index is 6.43. The topological polar surface area (TPSA) is 97.1 Å². The number of ether oxygens (including phenoxy) is 1. The summed E-state index contributed by atoms with van der Waals surface area (Å²) in [6.45, 7) is 5.74. The normalized spacial score (nSPS) is 17.1. The molecule has 2 aliphatic heterocycles. The van der Waals surface area contributed by atoms with Gasteiger partial charge in [-0.3, -0.25) is 4.68 Å². The van der Waals surface area contributed by atoms with E-state index in [-0.39, 0.29) is 11.0 Å². The second-order valence-electron chi connectivity index (χ2n) is 7.58. The number of piperazine rings is 1. The number of nitrogens with one attached hydrogen (secondary N) is 1. The van der Waals surface area contributed by atoms with Crippen molar-refractivity contribution < 1.29 is 4.74 Å². The molecule has 30 heavy (non-hydrogen) atoms. The highest BCUT2D eigenvalue weighted by Crippen LogP contribution is 2.31. The molecule has 0 bridgehead atoms.